The maximum Gasteiger partial charge on any atom is 0.326 e. The van der Waals surface area contributed by atoms with Crippen molar-refractivity contribution in [3.05, 3.63) is 18.0 Å². The van der Waals surface area contributed by atoms with Crippen LogP contribution in [0.2, 0.25) is 0 Å². The SMILES string of the molecule is CNC1(C(=O)OC)CCCC(n2ccc(C)n2)C1. The first-order valence-electron chi connectivity index (χ1n) is 6.40. The summed E-state index contributed by atoms with van der Waals surface area (Å²) in [5.74, 6) is -0.168. The van der Waals surface area contributed by atoms with E-state index in [0.717, 1.165) is 31.4 Å². The number of esters is 1. The average Bonchev–Trinajstić information content (AvgIpc) is 2.84. The van der Waals surface area contributed by atoms with E-state index in [-0.39, 0.29) is 12.0 Å². The van der Waals surface area contributed by atoms with E-state index >= 15 is 0 Å². The number of likely N-dealkylation sites (N-methyl/N-ethyl adjacent to an activating group) is 1. The Morgan fingerprint density at radius 3 is 3.00 bits per heavy atom. The van der Waals surface area contributed by atoms with Crippen LogP contribution in [0.5, 0.6) is 0 Å². The summed E-state index contributed by atoms with van der Waals surface area (Å²) in [6.07, 6.45) is 5.61. The molecule has 1 aromatic rings. The fraction of sp³-hybridized carbons (Fsp3) is 0.692. The molecule has 0 aliphatic heterocycles. The minimum absolute atomic E-state index is 0.168. The van der Waals surface area contributed by atoms with Gasteiger partial charge in [-0.2, -0.15) is 5.10 Å². The second kappa shape index (κ2) is 5.10. The van der Waals surface area contributed by atoms with Crippen molar-refractivity contribution >= 4 is 5.97 Å². The maximum atomic E-state index is 12.0. The van der Waals surface area contributed by atoms with Gasteiger partial charge in [-0.15, -0.1) is 0 Å². The van der Waals surface area contributed by atoms with Crippen molar-refractivity contribution in [1.82, 2.24) is 15.1 Å². The Hall–Kier alpha value is -1.36. The number of ether oxygens (including phenoxy) is 1. The molecule has 2 unspecified atom stereocenters. The molecule has 0 radical (unpaired) electrons. The van der Waals surface area contributed by atoms with Crippen molar-refractivity contribution in [3.63, 3.8) is 0 Å². The number of nitrogens with zero attached hydrogens (tertiary/aromatic N) is 2. The molecule has 0 amide bonds. The molecular formula is C13H21N3O2. The van der Waals surface area contributed by atoms with Gasteiger partial charge >= 0.3 is 5.97 Å². The molecule has 0 saturated heterocycles. The smallest absolute Gasteiger partial charge is 0.326 e. The fourth-order valence-electron chi connectivity index (χ4n) is 2.82. The third-order valence-corrected chi connectivity index (χ3v) is 3.90. The lowest BCUT2D eigenvalue weighted by atomic mass is 9.79. The molecule has 0 aromatic carbocycles. The van der Waals surface area contributed by atoms with E-state index in [1.807, 2.05) is 30.9 Å². The van der Waals surface area contributed by atoms with E-state index in [9.17, 15) is 4.79 Å². The van der Waals surface area contributed by atoms with Gasteiger partial charge in [0.25, 0.3) is 0 Å². The van der Waals surface area contributed by atoms with E-state index < -0.39 is 5.54 Å². The van der Waals surface area contributed by atoms with E-state index in [0.29, 0.717) is 0 Å². The second-order valence-corrected chi connectivity index (χ2v) is 5.01. The first-order valence-corrected chi connectivity index (χ1v) is 6.40. The first-order chi connectivity index (χ1) is 8.61. The summed E-state index contributed by atoms with van der Waals surface area (Å²) in [6.45, 7) is 1.98. The number of aryl methyl sites for hydroxylation is 1. The zero-order chi connectivity index (χ0) is 13.2. The third kappa shape index (κ3) is 2.27. The molecule has 2 rings (SSSR count). The van der Waals surface area contributed by atoms with Crippen LogP contribution >= 0.6 is 0 Å². The van der Waals surface area contributed by atoms with Gasteiger partial charge in [0.2, 0.25) is 0 Å². The highest BCUT2D eigenvalue weighted by atomic mass is 16.5. The predicted octanol–water partition coefficient (Wildman–Crippen LogP) is 1.44. The Morgan fingerprint density at radius 2 is 2.44 bits per heavy atom. The van der Waals surface area contributed by atoms with E-state index in [2.05, 4.69) is 10.4 Å². The molecule has 5 heteroatoms. The standard InChI is InChI=1S/C13H21N3O2/c1-10-6-8-16(15-10)11-5-4-7-13(9-11,14-2)12(17)18-3/h6,8,11,14H,4-5,7,9H2,1-3H3. The monoisotopic (exact) mass is 251 g/mol. The molecule has 0 spiro atoms. The lowest BCUT2D eigenvalue weighted by Crippen LogP contribution is -2.54. The number of carbonyl (C=O) groups excluding carboxylic acids is 1. The third-order valence-electron chi connectivity index (χ3n) is 3.90. The first kappa shape index (κ1) is 13.1. The molecule has 18 heavy (non-hydrogen) atoms. The largest absolute Gasteiger partial charge is 0.468 e. The van der Waals surface area contributed by atoms with Crippen LogP contribution in [0.25, 0.3) is 0 Å². The van der Waals surface area contributed by atoms with E-state index in [4.69, 9.17) is 4.74 Å². The van der Waals surface area contributed by atoms with Crippen LogP contribution in [0.4, 0.5) is 0 Å². The van der Waals surface area contributed by atoms with Crippen LogP contribution in [0.1, 0.15) is 37.4 Å². The Labute approximate surface area is 108 Å². The molecule has 1 saturated carbocycles. The number of hydrogen-bond acceptors (Lipinski definition) is 4. The molecule has 5 nitrogen and oxygen atoms in total. The van der Waals surface area contributed by atoms with Crippen molar-refractivity contribution in [2.24, 2.45) is 0 Å². The van der Waals surface area contributed by atoms with Crippen LogP contribution < -0.4 is 5.32 Å². The Bertz CT molecular complexity index is 430. The van der Waals surface area contributed by atoms with Gasteiger partial charge in [-0.25, -0.2) is 0 Å². The maximum absolute atomic E-state index is 12.0. The van der Waals surface area contributed by atoms with Gasteiger partial charge in [-0.3, -0.25) is 9.48 Å². The summed E-state index contributed by atoms with van der Waals surface area (Å²) >= 11 is 0. The summed E-state index contributed by atoms with van der Waals surface area (Å²) < 4.78 is 6.92. The normalized spacial score (nSPS) is 28.1. The minimum atomic E-state index is -0.558. The zero-order valence-corrected chi connectivity index (χ0v) is 11.3. The lowest BCUT2D eigenvalue weighted by Gasteiger charge is -2.38. The summed E-state index contributed by atoms with van der Waals surface area (Å²) in [5, 5.41) is 7.62. The van der Waals surface area contributed by atoms with Gasteiger partial charge in [-0.1, -0.05) is 0 Å². The average molecular weight is 251 g/mol. The molecule has 1 aliphatic carbocycles. The summed E-state index contributed by atoms with van der Waals surface area (Å²) in [4.78, 5) is 12.0. The molecular weight excluding hydrogens is 230 g/mol. The van der Waals surface area contributed by atoms with Crippen molar-refractivity contribution in [1.29, 1.82) is 0 Å². The highest BCUT2D eigenvalue weighted by molar-refractivity contribution is 5.80. The highest BCUT2D eigenvalue weighted by Gasteiger charge is 2.43. The van der Waals surface area contributed by atoms with Crippen LogP contribution in [0, 0.1) is 6.92 Å². The van der Waals surface area contributed by atoms with E-state index in [1.54, 1.807) is 0 Å². The quantitative estimate of drug-likeness (QED) is 0.826. The number of rotatable bonds is 3. The van der Waals surface area contributed by atoms with Gasteiger partial charge < -0.3 is 10.1 Å². The Kier molecular flexibility index (Phi) is 3.71. The van der Waals surface area contributed by atoms with Gasteiger partial charge in [0.15, 0.2) is 0 Å². The molecule has 1 aliphatic rings. The van der Waals surface area contributed by atoms with Crippen molar-refractivity contribution < 1.29 is 9.53 Å². The number of aromatic nitrogens is 2. The molecule has 1 aromatic heterocycles. The predicted molar refractivity (Wildman–Crippen MR) is 68.3 cm³/mol. The fourth-order valence-corrected chi connectivity index (χ4v) is 2.82. The Balaban J connectivity index is 2.19. The number of carbonyl (C=O) groups is 1. The summed E-state index contributed by atoms with van der Waals surface area (Å²) in [6, 6.07) is 2.26. The second-order valence-electron chi connectivity index (χ2n) is 5.01. The molecule has 100 valence electrons. The number of nitrogens with one attached hydrogen (secondary N) is 1. The Morgan fingerprint density at radius 1 is 1.67 bits per heavy atom. The van der Waals surface area contributed by atoms with Gasteiger partial charge in [0.1, 0.15) is 5.54 Å². The summed E-state index contributed by atoms with van der Waals surface area (Å²) in [5.41, 5.74) is 0.450. The number of hydrogen-bond donors (Lipinski definition) is 1. The highest BCUT2D eigenvalue weighted by Crippen LogP contribution is 2.35. The topological polar surface area (TPSA) is 56.1 Å². The van der Waals surface area contributed by atoms with Gasteiger partial charge in [-0.05, 0) is 45.7 Å². The van der Waals surface area contributed by atoms with Crippen LogP contribution in [0.3, 0.4) is 0 Å². The number of methoxy groups -OCH3 is 1. The van der Waals surface area contributed by atoms with Gasteiger partial charge in [0.05, 0.1) is 18.8 Å². The van der Waals surface area contributed by atoms with Crippen molar-refractivity contribution in [2.75, 3.05) is 14.2 Å². The molecule has 1 fully saturated rings. The van der Waals surface area contributed by atoms with E-state index in [1.165, 1.54) is 7.11 Å². The zero-order valence-electron chi connectivity index (χ0n) is 11.3. The van der Waals surface area contributed by atoms with Gasteiger partial charge in [0, 0.05) is 6.20 Å². The van der Waals surface area contributed by atoms with Crippen LogP contribution in [-0.4, -0.2) is 35.4 Å². The van der Waals surface area contributed by atoms with Crippen molar-refractivity contribution in [2.45, 2.75) is 44.2 Å². The molecule has 0 bridgehead atoms. The van der Waals surface area contributed by atoms with Crippen molar-refractivity contribution in [3.8, 4) is 0 Å². The molecule has 1 N–H and O–H groups in total. The van der Waals surface area contributed by atoms with Crippen LogP contribution in [-0.2, 0) is 9.53 Å². The minimum Gasteiger partial charge on any atom is -0.468 e. The summed E-state index contributed by atoms with van der Waals surface area (Å²) in [7, 11) is 3.27. The lowest BCUT2D eigenvalue weighted by molar-refractivity contribution is -0.150. The molecule has 1 heterocycles. The van der Waals surface area contributed by atoms with Crippen LogP contribution in [0.15, 0.2) is 12.3 Å². The molecule has 2 atom stereocenters.